The molecule has 1 aromatic carbocycles. The number of rotatable bonds is 3. The number of hydrogen-bond acceptors (Lipinski definition) is 5. The van der Waals surface area contributed by atoms with Crippen molar-refractivity contribution in [1.82, 2.24) is 10.1 Å². The van der Waals surface area contributed by atoms with E-state index in [4.69, 9.17) is 20.0 Å². The molecule has 6 heteroatoms. The van der Waals surface area contributed by atoms with Crippen LogP contribution >= 0.6 is 15.9 Å². The molecule has 1 saturated carbocycles. The summed E-state index contributed by atoms with van der Waals surface area (Å²) in [5.41, 5.74) is 7.00. The largest absolute Gasteiger partial charge is 0.381 e. The Morgan fingerprint density at radius 1 is 1.00 bits per heavy atom. The monoisotopic (exact) mass is 391 g/mol. The molecule has 0 unspecified atom stereocenters. The highest BCUT2D eigenvalue weighted by molar-refractivity contribution is 9.10. The number of nitrogens with zero attached hydrogens (tertiary/aromatic N) is 2. The van der Waals surface area contributed by atoms with E-state index < -0.39 is 5.54 Å². The van der Waals surface area contributed by atoms with Crippen LogP contribution in [0.1, 0.15) is 55.8 Å². The van der Waals surface area contributed by atoms with E-state index in [9.17, 15) is 0 Å². The molecule has 1 aliphatic heterocycles. The summed E-state index contributed by atoms with van der Waals surface area (Å²) in [4.78, 5) is 4.79. The maximum atomic E-state index is 6.51. The molecule has 0 spiro atoms. The Hall–Kier alpha value is -1.24. The first-order valence-electron chi connectivity index (χ1n) is 8.60. The van der Waals surface area contributed by atoms with Crippen molar-refractivity contribution < 1.29 is 9.26 Å². The van der Waals surface area contributed by atoms with Gasteiger partial charge in [0.1, 0.15) is 0 Å². The summed E-state index contributed by atoms with van der Waals surface area (Å²) in [7, 11) is 0. The zero-order valence-electron chi connectivity index (χ0n) is 13.6. The molecule has 1 aromatic heterocycles. The van der Waals surface area contributed by atoms with Crippen LogP contribution in [0.15, 0.2) is 33.3 Å². The Balaban J connectivity index is 1.74. The number of nitrogens with two attached hydrogens (primary N) is 1. The number of aromatic nitrogens is 2. The van der Waals surface area contributed by atoms with Crippen LogP contribution in [0, 0.1) is 0 Å². The predicted octanol–water partition coefficient (Wildman–Crippen LogP) is 3.66. The lowest BCUT2D eigenvalue weighted by Gasteiger charge is -2.34. The smallest absolute Gasteiger partial charge is 0.237 e. The number of benzene rings is 1. The minimum Gasteiger partial charge on any atom is -0.381 e. The second-order valence-electron chi connectivity index (χ2n) is 6.99. The van der Waals surface area contributed by atoms with Crippen LogP contribution in [0.25, 0.3) is 0 Å². The Morgan fingerprint density at radius 2 is 1.67 bits per heavy atom. The number of ether oxygens (including phenoxy) is 1. The molecular formula is C18H22BrN3O2. The fourth-order valence-corrected chi connectivity index (χ4v) is 4.23. The van der Waals surface area contributed by atoms with E-state index in [0.717, 1.165) is 43.0 Å². The quantitative estimate of drug-likeness (QED) is 0.863. The average Bonchev–Trinajstić information content (AvgIpc) is 3.26. The van der Waals surface area contributed by atoms with Crippen molar-refractivity contribution in [3.63, 3.8) is 0 Å². The molecule has 0 atom stereocenters. The van der Waals surface area contributed by atoms with Crippen molar-refractivity contribution in [2.45, 2.75) is 49.5 Å². The highest BCUT2D eigenvalue weighted by atomic mass is 79.9. The third kappa shape index (κ3) is 2.70. The van der Waals surface area contributed by atoms with Gasteiger partial charge in [-0.2, -0.15) is 4.98 Å². The van der Waals surface area contributed by atoms with Gasteiger partial charge in [0.2, 0.25) is 5.89 Å². The lowest BCUT2D eigenvalue weighted by atomic mass is 9.74. The first kappa shape index (κ1) is 16.2. The summed E-state index contributed by atoms with van der Waals surface area (Å²) in [6, 6.07) is 8.39. The van der Waals surface area contributed by atoms with Crippen molar-refractivity contribution in [3.05, 3.63) is 46.0 Å². The second-order valence-corrected chi connectivity index (χ2v) is 7.90. The van der Waals surface area contributed by atoms with E-state index in [0.29, 0.717) is 24.9 Å². The third-order valence-corrected chi connectivity index (χ3v) is 6.05. The summed E-state index contributed by atoms with van der Waals surface area (Å²) in [6.07, 6.45) is 5.81. The molecule has 0 radical (unpaired) electrons. The molecule has 2 heterocycles. The van der Waals surface area contributed by atoms with Crippen LogP contribution in [0.2, 0.25) is 0 Å². The molecule has 24 heavy (non-hydrogen) atoms. The van der Waals surface area contributed by atoms with Gasteiger partial charge in [0.05, 0.1) is 11.0 Å². The van der Waals surface area contributed by atoms with Crippen LogP contribution in [0.3, 0.4) is 0 Å². The molecule has 0 amide bonds. The lowest BCUT2D eigenvalue weighted by molar-refractivity contribution is 0.0523. The van der Waals surface area contributed by atoms with E-state index in [1.54, 1.807) is 0 Å². The molecule has 2 aliphatic rings. The van der Waals surface area contributed by atoms with Gasteiger partial charge in [-0.25, -0.2) is 0 Å². The van der Waals surface area contributed by atoms with Crippen molar-refractivity contribution in [3.8, 4) is 0 Å². The van der Waals surface area contributed by atoms with Crippen LogP contribution in [0.5, 0.6) is 0 Å². The van der Waals surface area contributed by atoms with Gasteiger partial charge >= 0.3 is 0 Å². The van der Waals surface area contributed by atoms with E-state index in [1.807, 2.05) is 0 Å². The topological polar surface area (TPSA) is 74.2 Å². The van der Waals surface area contributed by atoms with E-state index in [2.05, 4.69) is 45.4 Å². The molecule has 2 aromatic rings. The van der Waals surface area contributed by atoms with Crippen LogP contribution in [-0.4, -0.2) is 23.4 Å². The Kier molecular flexibility index (Phi) is 4.22. The lowest BCUT2D eigenvalue weighted by Crippen LogP contribution is -2.37. The number of halogens is 1. The van der Waals surface area contributed by atoms with Gasteiger partial charge in [-0.3, -0.25) is 0 Å². The van der Waals surface area contributed by atoms with Crippen molar-refractivity contribution in [2.75, 3.05) is 13.2 Å². The molecule has 5 nitrogen and oxygen atoms in total. The van der Waals surface area contributed by atoms with E-state index in [-0.39, 0.29) is 5.41 Å². The summed E-state index contributed by atoms with van der Waals surface area (Å²) >= 11 is 3.51. The summed E-state index contributed by atoms with van der Waals surface area (Å²) < 4.78 is 12.4. The molecule has 2 N–H and O–H groups in total. The van der Waals surface area contributed by atoms with Gasteiger partial charge in [0.15, 0.2) is 5.82 Å². The average molecular weight is 392 g/mol. The molecule has 1 aliphatic carbocycles. The molecule has 4 rings (SSSR count). The summed E-state index contributed by atoms with van der Waals surface area (Å²) in [5, 5.41) is 4.27. The highest BCUT2D eigenvalue weighted by Gasteiger charge is 2.44. The van der Waals surface area contributed by atoms with Gasteiger partial charge in [-0.1, -0.05) is 46.1 Å². The SMILES string of the molecule is NC1(c2noc(C3(c4ccc(Br)cc4)CCOCC3)n2)CCCC1. The highest BCUT2D eigenvalue weighted by Crippen LogP contribution is 2.42. The van der Waals surface area contributed by atoms with Crippen molar-refractivity contribution in [1.29, 1.82) is 0 Å². The van der Waals surface area contributed by atoms with Crippen LogP contribution in [-0.2, 0) is 15.7 Å². The molecule has 0 bridgehead atoms. The molecule has 128 valence electrons. The van der Waals surface area contributed by atoms with Gasteiger partial charge in [0.25, 0.3) is 0 Å². The van der Waals surface area contributed by atoms with E-state index >= 15 is 0 Å². The summed E-state index contributed by atoms with van der Waals surface area (Å²) in [5.74, 6) is 1.35. The van der Waals surface area contributed by atoms with Crippen LogP contribution in [0.4, 0.5) is 0 Å². The fourth-order valence-electron chi connectivity index (χ4n) is 3.96. The molecule has 1 saturated heterocycles. The zero-order chi connectivity index (χ0) is 16.6. The minimum absolute atomic E-state index is 0.279. The van der Waals surface area contributed by atoms with Gasteiger partial charge < -0.3 is 15.0 Å². The Bertz CT molecular complexity index is 701. The molecular weight excluding hydrogens is 370 g/mol. The fraction of sp³-hybridized carbons (Fsp3) is 0.556. The summed E-state index contributed by atoms with van der Waals surface area (Å²) in [6.45, 7) is 1.39. The number of hydrogen-bond donors (Lipinski definition) is 1. The normalized spacial score (nSPS) is 22.6. The van der Waals surface area contributed by atoms with Crippen LogP contribution < -0.4 is 5.73 Å². The molecule has 2 fully saturated rings. The van der Waals surface area contributed by atoms with E-state index in [1.165, 1.54) is 5.56 Å². The maximum Gasteiger partial charge on any atom is 0.237 e. The first-order chi connectivity index (χ1) is 11.6. The zero-order valence-corrected chi connectivity index (χ0v) is 15.2. The minimum atomic E-state index is -0.423. The Labute approximate surface area is 150 Å². The first-order valence-corrected chi connectivity index (χ1v) is 9.39. The predicted molar refractivity (Wildman–Crippen MR) is 93.6 cm³/mol. The van der Waals surface area contributed by atoms with Gasteiger partial charge in [0, 0.05) is 17.7 Å². The second kappa shape index (κ2) is 6.24. The Morgan fingerprint density at radius 3 is 2.33 bits per heavy atom. The van der Waals surface area contributed by atoms with Crippen molar-refractivity contribution in [2.24, 2.45) is 5.73 Å². The van der Waals surface area contributed by atoms with Crippen molar-refractivity contribution >= 4 is 15.9 Å². The van der Waals surface area contributed by atoms with Gasteiger partial charge in [-0.15, -0.1) is 0 Å². The van der Waals surface area contributed by atoms with Gasteiger partial charge in [-0.05, 0) is 43.4 Å². The maximum absolute atomic E-state index is 6.51. The standard InChI is InChI=1S/C18H22BrN3O2/c19-14-5-3-13(4-6-14)17(9-11-23-12-10-17)16-21-15(22-24-16)18(20)7-1-2-8-18/h3-6H,1-2,7-12,20H2. The third-order valence-electron chi connectivity index (χ3n) is 5.52.